The number of carbonyl (C=O) groups excluding carboxylic acids is 2. The second-order valence-electron chi connectivity index (χ2n) is 7.78. The van der Waals surface area contributed by atoms with Gasteiger partial charge in [0.2, 0.25) is 0 Å². The Bertz CT molecular complexity index is 1360. The van der Waals surface area contributed by atoms with Gasteiger partial charge in [-0.05, 0) is 56.3 Å². The standard InChI is InChI=1S/C27H24ClN3O4/c1-3-34-26(32)16-35-25-15-24(18-6-4-17(2)5-7-18)31-23-13-12-21(14-22(23)25)30-27(33)29-20-10-8-19(28)9-11-20/h4-15H,3,16H2,1-2H3,(H2,29,30,33). The molecule has 0 aliphatic rings. The lowest BCUT2D eigenvalue weighted by molar-refractivity contribution is -0.145. The number of urea groups is 1. The molecule has 0 spiro atoms. The van der Waals surface area contributed by atoms with Gasteiger partial charge in [-0.15, -0.1) is 0 Å². The molecule has 0 saturated carbocycles. The van der Waals surface area contributed by atoms with E-state index in [0.717, 1.165) is 11.1 Å². The maximum Gasteiger partial charge on any atom is 0.344 e. The highest BCUT2D eigenvalue weighted by atomic mass is 35.5. The van der Waals surface area contributed by atoms with Crippen molar-refractivity contribution in [2.45, 2.75) is 13.8 Å². The maximum atomic E-state index is 12.5. The SMILES string of the molecule is CCOC(=O)COc1cc(-c2ccc(C)cc2)nc2ccc(NC(=O)Nc3ccc(Cl)cc3)cc12. The van der Waals surface area contributed by atoms with E-state index in [0.29, 0.717) is 38.7 Å². The summed E-state index contributed by atoms with van der Waals surface area (Å²) in [7, 11) is 0. The van der Waals surface area contributed by atoms with Crippen molar-refractivity contribution in [2.75, 3.05) is 23.8 Å². The van der Waals surface area contributed by atoms with E-state index >= 15 is 0 Å². The topological polar surface area (TPSA) is 89.6 Å². The van der Waals surface area contributed by atoms with Gasteiger partial charge in [-0.25, -0.2) is 14.6 Å². The van der Waals surface area contributed by atoms with Gasteiger partial charge in [-0.1, -0.05) is 41.4 Å². The van der Waals surface area contributed by atoms with Gasteiger partial charge in [0.15, 0.2) is 6.61 Å². The minimum atomic E-state index is -0.467. The summed E-state index contributed by atoms with van der Waals surface area (Å²) < 4.78 is 10.8. The van der Waals surface area contributed by atoms with Crippen LogP contribution in [0.25, 0.3) is 22.2 Å². The minimum Gasteiger partial charge on any atom is -0.481 e. The Kier molecular flexibility index (Phi) is 7.48. The molecule has 4 rings (SSSR count). The Morgan fingerprint density at radius 3 is 2.31 bits per heavy atom. The van der Waals surface area contributed by atoms with Gasteiger partial charge in [0.1, 0.15) is 5.75 Å². The highest BCUT2D eigenvalue weighted by Gasteiger charge is 2.13. The fraction of sp³-hybridized carbons (Fsp3) is 0.148. The van der Waals surface area contributed by atoms with Gasteiger partial charge in [-0.3, -0.25) is 0 Å². The highest BCUT2D eigenvalue weighted by molar-refractivity contribution is 6.30. The minimum absolute atomic E-state index is 0.241. The molecule has 3 aromatic carbocycles. The summed E-state index contributed by atoms with van der Waals surface area (Å²) in [4.78, 5) is 29.2. The number of rotatable bonds is 7. The molecule has 2 amide bonds. The fourth-order valence-electron chi connectivity index (χ4n) is 3.43. The number of aromatic nitrogens is 1. The van der Waals surface area contributed by atoms with Crippen LogP contribution in [-0.4, -0.2) is 30.2 Å². The fourth-order valence-corrected chi connectivity index (χ4v) is 3.56. The molecule has 0 aliphatic carbocycles. The molecule has 7 nitrogen and oxygen atoms in total. The van der Waals surface area contributed by atoms with E-state index < -0.39 is 12.0 Å². The average molecular weight is 490 g/mol. The highest BCUT2D eigenvalue weighted by Crippen LogP contribution is 2.32. The van der Waals surface area contributed by atoms with Gasteiger partial charge in [0, 0.05) is 33.4 Å². The van der Waals surface area contributed by atoms with E-state index in [9.17, 15) is 9.59 Å². The Hall–Kier alpha value is -4.10. The van der Waals surface area contributed by atoms with E-state index in [4.69, 9.17) is 26.1 Å². The molecule has 8 heteroatoms. The lowest BCUT2D eigenvalue weighted by Crippen LogP contribution is -2.19. The third-order valence-electron chi connectivity index (χ3n) is 5.13. The molecule has 1 heterocycles. The lowest BCUT2D eigenvalue weighted by atomic mass is 10.1. The molecule has 178 valence electrons. The molecule has 2 N–H and O–H groups in total. The van der Waals surface area contributed by atoms with Crippen molar-refractivity contribution >= 4 is 45.9 Å². The molecule has 4 aromatic rings. The van der Waals surface area contributed by atoms with Crippen LogP contribution < -0.4 is 15.4 Å². The molecular formula is C27H24ClN3O4. The van der Waals surface area contributed by atoms with E-state index in [2.05, 4.69) is 10.6 Å². The number of hydrogen-bond donors (Lipinski definition) is 2. The van der Waals surface area contributed by atoms with Crippen LogP contribution in [0.5, 0.6) is 5.75 Å². The monoisotopic (exact) mass is 489 g/mol. The summed E-state index contributed by atoms with van der Waals surface area (Å²) >= 11 is 5.89. The summed E-state index contributed by atoms with van der Waals surface area (Å²) in [6, 6.07) is 21.4. The van der Waals surface area contributed by atoms with Crippen molar-refractivity contribution in [1.29, 1.82) is 0 Å². The van der Waals surface area contributed by atoms with Gasteiger partial charge >= 0.3 is 12.0 Å². The van der Waals surface area contributed by atoms with Crippen LogP contribution >= 0.6 is 11.6 Å². The van der Waals surface area contributed by atoms with Crippen LogP contribution in [0, 0.1) is 6.92 Å². The van der Waals surface area contributed by atoms with Crippen molar-refractivity contribution in [3.63, 3.8) is 0 Å². The number of nitrogens with zero attached hydrogens (tertiary/aromatic N) is 1. The number of fused-ring (bicyclic) bond motifs is 1. The molecule has 0 aliphatic heterocycles. The first kappa shape index (κ1) is 24.0. The number of nitrogens with one attached hydrogen (secondary N) is 2. The molecule has 0 fully saturated rings. The average Bonchev–Trinajstić information content (AvgIpc) is 2.84. The summed E-state index contributed by atoms with van der Waals surface area (Å²) in [5.41, 5.74) is 4.57. The zero-order valence-corrected chi connectivity index (χ0v) is 20.1. The van der Waals surface area contributed by atoms with Crippen LogP contribution in [-0.2, 0) is 9.53 Å². The van der Waals surface area contributed by atoms with Gasteiger partial charge < -0.3 is 20.1 Å². The van der Waals surface area contributed by atoms with E-state index in [-0.39, 0.29) is 13.2 Å². The van der Waals surface area contributed by atoms with Crippen molar-refractivity contribution in [2.24, 2.45) is 0 Å². The van der Waals surface area contributed by atoms with Crippen LogP contribution in [0.3, 0.4) is 0 Å². The number of amides is 2. The molecule has 0 bridgehead atoms. The molecule has 0 unspecified atom stereocenters. The molecular weight excluding hydrogens is 466 g/mol. The third-order valence-corrected chi connectivity index (χ3v) is 5.38. The van der Waals surface area contributed by atoms with Crippen LogP contribution in [0.4, 0.5) is 16.2 Å². The molecule has 0 atom stereocenters. The van der Waals surface area contributed by atoms with Gasteiger partial charge in [0.05, 0.1) is 17.8 Å². The number of pyridine rings is 1. The number of hydrogen-bond acceptors (Lipinski definition) is 5. The lowest BCUT2D eigenvalue weighted by Gasteiger charge is -2.13. The Morgan fingerprint density at radius 2 is 1.60 bits per heavy atom. The maximum absolute atomic E-state index is 12.5. The first-order valence-electron chi connectivity index (χ1n) is 11.0. The molecule has 0 radical (unpaired) electrons. The first-order valence-corrected chi connectivity index (χ1v) is 11.4. The zero-order valence-electron chi connectivity index (χ0n) is 19.3. The van der Waals surface area contributed by atoms with E-state index in [1.54, 1.807) is 55.5 Å². The number of anilines is 2. The van der Waals surface area contributed by atoms with E-state index in [1.165, 1.54) is 0 Å². The number of halogens is 1. The first-order chi connectivity index (χ1) is 16.9. The third kappa shape index (κ3) is 6.28. The predicted octanol–water partition coefficient (Wildman–Crippen LogP) is 6.45. The number of carbonyl (C=O) groups is 2. The molecule has 35 heavy (non-hydrogen) atoms. The number of ether oxygens (including phenoxy) is 2. The second-order valence-corrected chi connectivity index (χ2v) is 8.22. The molecule has 0 saturated heterocycles. The Labute approximate surface area is 208 Å². The van der Waals surface area contributed by atoms with Gasteiger partial charge in [-0.2, -0.15) is 0 Å². The smallest absolute Gasteiger partial charge is 0.344 e. The number of aryl methyl sites for hydroxylation is 1. The Balaban J connectivity index is 1.63. The zero-order chi connectivity index (χ0) is 24.8. The van der Waals surface area contributed by atoms with Gasteiger partial charge in [0.25, 0.3) is 0 Å². The van der Waals surface area contributed by atoms with Crippen molar-refractivity contribution in [3.05, 3.63) is 83.4 Å². The number of esters is 1. The van der Waals surface area contributed by atoms with Crippen molar-refractivity contribution in [3.8, 4) is 17.0 Å². The normalized spacial score (nSPS) is 10.6. The summed E-state index contributed by atoms with van der Waals surface area (Å²) in [5.74, 6) is -0.00800. The van der Waals surface area contributed by atoms with Crippen LogP contribution in [0.2, 0.25) is 5.02 Å². The molecule has 1 aromatic heterocycles. The number of benzene rings is 3. The van der Waals surface area contributed by atoms with Crippen molar-refractivity contribution in [1.82, 2.24) is 4.98 Å². The summed E-state index contributed by atoms with van der Waals surface area (Å²) in [6.07, 6.45) is 0. The summed E-state index contributed by atoms with van der Waals surface area (Å²) in [5, 5.41) is 6.79. The second kappa shape index (κ2) is 10.9. The van der Waals surface area contributed by atoms with Crippen LogP contribution in [0.15, 0.2) is 72.8 Å². The Morgan fingerprint density at radius 1 is 0.914 bits per heavy atom. The predicted molar refractivity (Wildman–Crippen MR) is 138 cm³/mol. The largest absolute Gasteiger partial charge is 0.481 e. The van der Waals surface area contributed by atoms with E-state index in [1.807, 2.05) is 31.2 Å². The van der Waals surface area contributed by atoms with Crippen LogP contribution in [0.1, 0.15) is 12.5 Å². The van der Waals surface area contributed by atoms with Crippen molar-refractivity contribution < 1.29 is 19.1 Å². The quantitative estimate of drug-likeness (QED) is 0.291. The summed E-state index contributed by atoms with van der Waals surface area (Å²) in [6.45, 7) is 3.78.